The first-order valence-electron chi connectivity index (χ1n) is 7.38. The number of ether oxygens (including phenoxy) is 2. The predicted molar refractivity (Wildman–Crippen MR) is 86.6 cm³/mol. The first-order valence-corrected chi connectivity index (χ1v) is 8.17. The monoisotopic (exact) mass is 380 g/mol. The van der Waals surface area contributed by atoms with Crippen LogP contribution in [0.2, 0.25) is 0 Å². The van der Waals surface area contributed by atoms with Crippen molar-refractivity contribution in [3.63, 3.8) is 0 Å². The number of benzene rings is 1. The molecule has 0 fully saturated rings. The number of fused-ring (bicyclic) bond motifs is 2. The molecule has 0 saturated heterocycles. The minimum absolute atomic E-state index is 0.0384. The standard InChI is InChI=1S/C17H17BrO5/c1-6-5-10(19)7(2)16-14(6)22-15-9(4)13(20)12(18)8(3)11(15)17(21)23-16/h6,14,20H,5H2,1-4H3. The van der Waals surface area contributed by atoms with Gasteiger partial charge < -0.3 is 14.6 Å². The molecule has 2 aliphatic rings. The Morgan fingerprint density at radius 1 is 1.17 bits per heavy atom. The fourth-order valence-corrected chi connectivity index (χ4v) is 3.55. The van der Waals surface area contributed by atoms with Gasteiger partial charge in [0.15, 0.2) is 17.6 Å². The molecule has 0 amide bonds. The van der Waals surface area contributed by atoms with Crippen molar-refractivity contribution in [2.75, 3.05) is 0 Å². The summed E-state index contributed by atoms with van der Waals surface area (Å²) in [4.78, 5) is 24.6. The highest BCUT2D eigenvalue weighted by molar-refractivity contribution is 9.10. The van der Waals surface area contributed by atoms with Crippen molar-refractivity contribution in [3.05, 3.63) is 32.5 Å². The minimum atomic E-state index is -0.569. The van der Waals surface area contributed by atoms with Crippen LogP contribution in [0.3, 0.4) is 0 Å². The van der Waals surface area contributed by atoms with Gasteiger partial charge in [-0.3, -0.25) is 4.79 Å². The Hall–Kier alpha value is -1.82. The molecule has 3 rings (SSSR count). The second kappa shape index (κ2) is 5.37. The number of carbonyl (C=O) groups is 2. The van der Waals surface area contributed by atoms with E-state index >= 15 is 0 Å². The Morgan fingerprint density at radius 3 is 2.48 bits per heavy atom. The number of hydrogen-bond acceptors (Lipinski definition) is 5. The normalized spacial score (nSPS) is 23.7. The van der Waals surface area contributed by atoms with E-state index in [1.54, 1.807) is 20.8 Å². The second-order valence-corrected chi connectivity index (χ2v) is 6.93. The number of allylic oxidation sites excluding steroid dienone is 1. The van der Waals surface area contributed by atoms with E-state index in [4.69, 9.17) is 9.47 Å². The number of carbonyl (C=O) groups excluding carboxylic acids is 2. The Bertz CT molecular complexity index is 778. The van der Waals surface area contributed by atoms with Gasteiger partial charge in [-0.15, -0.1) is 0 Å². The van der Waals surface area contributed by atoms with Gasteiger partial charge in [0.1, 0.15) is 17.1 Å². The van der Waals surface area contributed by atoms with E-state index < -0.39 is 12.1 Å². The van der Waals surface area contributed by atoms with Gasteiger partial charge >= 0.3 is 5.97 Å². The Labute approximate surface area is 142 Å². The molecule has 6 heteroatoms. The topological polar surface area (TPSA) is 72.8 Å². The fraction of sp³-hybridized carbons (Fsp3) is 0.412. The van der Waals surface area contributed by atoms with Crippen molar-refractivity contribution in [1.82, 2.24) is 0 Å². The lowest BCUT2D eigenvalue weighted by atomic mass is 9.86. The Morgan fingerprint density at radius 2 is 1.83 bits per heavy atom. The molecule has 23 heavy (non-hydrogen) atoms. The lowest BCUT2D eigenvalue weighted by molar-refractivity contribution is -0.118. The van der Waals surface area contributed by atoms with Crippen LogP contribution >= 0.6 is 15.9 Å². The smallest absolute Gasteiger partial charge is 0.347 e. The molecule has 2 unspecified atom stereocenters. The first kappa shape index (κ1) is 16.1. The van der Waals surface area contributed by atoms with Gasteiger partial charge in [-0.1, -0.05) is 6.92 Å². The SMILES string of the molecule is CC1=C2OC(=O)c3c(C)c(Br)c(O)c(C)c3OC2C(C)CC1=O. The van der Waals surface area contributed by atoms with Gasteiger partial charge in [-0.2, -0.15) is 0 Å². The number of aromatic hydroxyl groups is 1. The zero-order valence-corrected chi connectivity index (χ0v) is 14.9. The molecule has 1 N–H and O–H groups in total. The molecule has 1 aliphatic heterocycles. The largest absolute Gasteiger partial charge is 0.506 e. The summed E-state index contributed by atoms with van der Waals surface area (Å²) in [7, 11) is 0. The zero-order valence-electron chi connectivity index (χ0n) is 13.3. The van der Waals surface area contributed by atoms with Crippen LogP contribution in [-0.2, 0) is 9.53 Å². The van der Waals surface area contributed by atoms with E-state index in [0.29, 0.717) is 33.3 Å². The average Bonchev–Trinajstić information content (AvgIpc) is 2.66. The van der Waals surface area contributed by atoms with Gasteiger partial charge in [0.2, 0.25) is 0 Å². The molecule has 1 aliphatic carbocycles. The van der Waals surface area contributed by atoms with E-state index in [9.17, 15) is 14.7 Å². The van der Waals surface area contributed by atoms with Crippen molar-refractivity contribution < 1.29 is 24.2 Å². The van der Waals surface area contributed by atoms with Gasteiger partial charge in [-0.05, 0) is 42.3 Å². The number of ketones is 1. The number of esters is 1. The number of phenolic OH excluding ortho intramolecular Hbond substituents is 1. The van der Waals surface area contributed by atoms with E-state index in [1.165, 1.54) is 0 Å². The van der Waals surface area contributed by atoms with Crippen molar-refractivity contribution in [2.24, 2.45) is 5.92 Å². The van der Waals surface area contributed by atoms with E-state index in [2.05, 4.69) is 15.9 Å². The molecule has 0 saturated carbocycles. The summed E-state index contributed by atoms with van der Waals surface area (Å²) >= 11 is 3.29. The Kier molecular flexibility index (Phi) is 3.75. The molecule has 1 aromatic rings. The zero-order chi connectivity index (χ0) is 17.0. The second-order valence-electron chi connectivity index (χ2n) is 6.14. The fourth-order valence-electron chi connectivity index (χ4n) is 3.05. The molecule has 1 aromatic carbocycles. The molecular formula is C17H17BrO5. The lowest BCUT2D eigenvalue weighted by Gasteiger charge is -2.29. The van der Waals surface area contributed by atoms with Crippen LogP contribution < -0.4 is 4.74 Å². The summed E-state index contributed by atoms with van der Waals surface area (Å²) in [6, 6.07) is 0. The number of rotatable bonds is 0. The highest BCUT2D eigenvalue weighted by Gasteiger charge is 2.41. The third kappa shape index (κ3) is 2.27. The number of Topliss-reactive ketones (excluding diaryl/α,β-unsaturated/α-hetero) is 1. The lowest BCUT2D eigenvalue weighted by Crippen LogP contribution is -2.35. The van der Waals surface area contributed by atoms with E-state index in [-0.39, 0.29) is 28.8 Å². The van der Waals surface area contributed by atoms with Crippen LogP contribution in [0.15, 0.2) is 15.8 Å². The average molecular weight is 381 g/mol. The van der Waals surface area contributed by atoms with Crippen molar-refractivity contribution in [3.8, 4) is 11.5 Å². The third-order valence-electron chi connectivity index (χ3n) is 4.56. The van der Waals surface area contributed by atoms with E-state index in [1.807, 2.05) is 6.92 Å². The van der Waals surface area contributed by atoms with Gasteiger partial charge in [0.05, 0.1) is 4.47 Å². The molecule has 122 valence electrons. The van der Waals surface area contributed by atoms with Crippen LogP contribution in [0.25, 0.3) is 0 Å². The quantitative estimate of drug-likeness (QED) is 0.696. The van der Waals surface area contributed by atoms with Crippen LogP contribution in [0.5, 0.6) is 11.5 Å². The molecule has 0 radical (unpaired) electrons. The van der Waals surface area contributed by atoms with Crippen molar-refractivity contribution in [1.29, 1.82) is 0 Å². The highest BCUT2D eigenvalue weighted by atomic mass is 79.9. The molecular weight excluding hydrogens is 364 g/mol. The van der Waals surface area contributed by atoms with Crippen LogP contribution in [0.4, 0.5) is 0 Å². The predicted octanol–water partition coefficient (Wildman–Crippen LogP) is 3.57. The number of phenols is 1. The number of halogens is 1. The van der Waals surface area contributed by atoms with Crippen LogP contribution in [-0.4, -0.2) is 23.0 Å². The summed E-state index contributed by atoms with van der Waals surface area (Å²) < 4.78 is 12.0. The summed E-state index contributed by atoms with van der Waals surface area (Å²) in [6.45, 7) is 6.92. The summed E-state index contributed by atoms with van der Waals surface area (Å²) in [5.74, 6) is -0.0848. The maximum atomic E-state index is 12.6. The van der Waals surface area contributed by atoms with Gasteiger partial charge in [0.25, 0.3) is 0 Å². The van der Waals surface area contributed by atoms with Crippen molar-refractivity contribution in [2.45, 2.75) is 40.2 Å². The van der Waals surface area contributed by atoms with Crippen LogP contribution in [0, 0.1) is 19.8 Å². The summed E-state index contributed by atoms with van der Waals surface area (Å²) in [5, 5.41) is 10.2. The highest BCUT2D eigenvalue weighted by Crippen LogP contribution is 2.45. The maximum absolute atomic E-state index is 12.6. The molecule has 2 atom stereocenters. The van der Waals surface area contributed by atoms with Gasteiger partial charge in [-0.25, -0.2) is 4.79 Å². The molecule has 1 heterocycles. The van der Waals surface area contributed by atoms with E-state index in [0.717, 1.165) is 0 Å². The molecule has 0 aromatic heterocycles. The first-order chi connectivity index (χ1) is 10.7. The van der Waals surface area contributed by atoms with Gasteiger partial charge in [0, 0.05) is 23.5 Å². The van der Waals surface area contributed by atoms with Crippen LogP contribution in [0.1, 0.15) is 41.8 Å². The molecule has 5 nitrogen and oxygen atoms in total. The summed E-state index contributed by atoms with van der Waals surface area (Å²) in [6.07, 6.45) is -0.176. The summed E-state index contributed by atoms with van der Waals surface area (Å²) in [5.41, 5.74) is 1.72. The molecule has 0 spiro atoms. The maximum Gasteiger partial charge on any atom is 0.347 e. The minimum Gasteiger partial charge on any atom is -0.506 e. The number of hydrogen-bond donors (Lipinski definition) is 1. The molecule has 0 bridgehead atoms. The Balaban J connectivity index is 2.26. The third-order valence-corrected chi connectivity index (χ3v) is 5.53. The van der Waals surface area contributed by atoms with Crippen molar-refractivity contribution >= 4 is 27.7 Å².